The lowest BCUT2D eigenvalue weighted by Gasteiger charge is -2.39. The zero-order valence-electron chi connectivity index (χ0n) is 37.2. The van der Waals surface area contributed by atoms with Gasteiger partial charge in [0.25, 0.3) is 0 Å². The van der Waals surface area contributed by atoms with E-state index < -0.39 is 65.5 Å². The Balaban J connectivity index is 1.60. The van der Waals surface area contributed by atoms with Crippen LogP contribution < -0.4 is 15.0 Å². The molecule has 340 valence electrons. The van der Waals surface area contributed by atoms with Gasteiger partial charge in [0.1, 0.15) is 40.3 Å². The maximum Gasteiger partial charge on any atom is 0.409 e. The molecule has 2 saturated heterocycles. The van der Waals surface area contributed by atoms with Gasteiger partial charge in [0, 0.05) is 73.1 Å². The SMILES string of the molecule is COCCN(C)CC(=O)N(CCOC)CCC(=O)N(C)[C@@H](C)C(=O)O[C@H]1CC(=O)N(C)c2cc(cc(OC)c2Cl)C/C(C)=C/C=C/C[C@@]2(O)C[C@H](OC(=O)N2)[C@@H](C)C2O[C@]21C. The molecular formula is C43H64ClN5O12. The first kappa shape index (κ1) is 49.4. The summed E-state index contributed by atoms with van der Waals surface area (Å²) in [5, 5.41) is 14.2. The van der Waals surface area contributed by atoms with Crippen molar-refractivity contribution in [1.29, 1.82) is 0 Å². The minimum absolute atomic E-state index is 0.0437. The van der Waals surface area contributed by atoms with Crippen LogP contribution in [-0.4, -0.2) is 167 Å². The van der Waals surface area contributed by atoms with Crippen LogP contribution in [0.1, 0.15) is 58.9 Å². The summed E-state index contributed by atoms with van der Waals surface area (Å²) in [6.45, 7) is 8.75. The van der Waals surface area contributed by atoms with E-state index in [9.17, 15) is 29.1 Å². The highest BCUT2D eigenvalue weighted by atomic mass is 35.5. The third-order valence-corrected chi connectivity index (χ3v) is 12.1. The van der Waals surface area contributed by atoms with Gasteiger partial charge >= 0.3 is 12.1 Å². The summed E-state index contributed by atoms with van der Waals surface area (Å²) >= 11 is 6.78. The Labute approximate surface area is 364 Å². The fourth-order valence-electron chi connectivity index (χ4n) is 7.57. The Morgan fingerprint density at radius 3 is 2.44 bits per heavy atom. The minimum atomic E-state index is -1.61. The van der Waals surface area contributed by atoms with Gasteiger partial charge in [0.15, 0.2) is 0 Å². The summed E-state index contributed by atoms with van der Waals surface area (Å²) in [7, 11) is 9.44. The van der Waals surface area contributed by atoms with Gasteiger partial charge < -0.3 is 48.2 Å². The monoisotopic (exact) mass is 877 g/mol. The van der Waals surface area contributed by atoms with Gasteiger partial charge in [-0.3, -0.25) is 24.6 Å². The molecule has 0 spiro atoms. The van der Waals surface area contributed by atoms with Crippen molar-refractivity contribution in [3.8, 4) is 5.75 Å². The normalized spacial score (nSPS) is 27.4. The van der Waals surface area contributed by atoms with Crippen molar-refractivity contribution >= 4 is 47.1 Å². The number of rotatable bonds is 15. The number of alkyl carbamates (subject to hydrolysis) is 1. The van der Waals surface area contributed by atoms with Crippen molar-refractivity contribution in [3.63, 3.8) is 0 Å². The van der Waals surface area contributed by atoms with Crippen LogP contribution in [0.15, 0.2) is 35.9 Å². The number of carbonyl (C=O) groups is 5. The van der Waals surface area contributed by atoms with Gasteiger partial charge in [0.05, 0.1) is 45.1 Å². The molecule has 7 atom stereocenters. The standard InChI is InChI=1S/C43H64ClN5O12/c1-27-13-11-12-15-43(55)25-33(59-41(54)45-43)28(2)39-42(4,61-39)34(24-36(51)48(7)31-22-30(21-27)23-32(58-10)38(31)44)60-40(53)29(3)47(6)35(50)14-16-49(18-20-57-9)37(52)26-46(5)17-19-56-8/h11-13,22-23,28-29,33-34,39,55H,14-21,24-26H2,1-10H3,(H,45,54)/b12-11+,27-13+/t28-,29+,33+,34+,39?,42+,43-/m1/s1. The number of amides is 4. The highest BCUT2D eigenvalue weighted by Crippen LogP contribution is 2.49. The molecule has 0 aliphatic carbocycles. The number of methoxy groups -OCH3 is 3. The lowest BCUT2D eigenvalue weighted by atomic mass is 9.84. The summed E-state index contributed by atoms with van der Waals surface area (Å²) in [6.07, 6.45) is 2.26. The molecule has 1 aromatic carbocycles. The molecule has 4 bridgehead atoms. The number of nitrogens with zero attached hydrogens (tertiary/aromatic N) is 4. The number of epoxide rings is 1. The summed E-state index contributed by atoms with van der Waals surface area (Å²) in [5.41, 5.74) is -0.696. The number of nitrogens with one attached hydrogen (secondary N) is 1. The van der Waals surface area contributed by atoms with Crippen molar-refractivity contribution in [3.05, 3.63) is 46.5 Å². The molecular weight excluding hydrogens is 814 g/mol. The van der Waals surface area contributed by atoms with Gasteiger partial charge in [-0.15, -0.1) is 0 Å². The van der Waals surface area contributed by atoms with Crippen molar-refractivity contribution in [2.45, 2.75) is 95.5 Å². The Morgan fingerprint density at radius 2 is 1.77 bits per heavy atom. The number of ether oxygens (including phenoxy) is 6. The van der Waals surface area contributed by atoms with Crippen molar-refractivity contribution in [2.24, 2.45) is 5.92 Å². The molecule has 17 nitrogen and oxygen atoms in total. The molecule has 3 heterocycles. The number of carbonyl (C=O) groups excluding carboxylic acids is 5. The zero-order valence-corrected chi connectivity index (χ0v) is 37.9. The van der Waals surface area contributed by atoms with Gasteiger partial charge in [-0.1, -0.05) is 42.3 Å². The topological polar surface area (TPSA) is 189 Å². The number of likely N-dealkylation sites (N-methyl/N-ethyl adjacent to an activating group) is 2. The first-order chi connectivity index (χ1) is 28.8. The lowest BCUT2D eigenvalue weighted by Crippen LogP contribution is -2.57. The molecule has 0 radical (unpaired) electrons. The predicted octanol–water partition coefficient (Wildman–Crippen LogP) is 3.33. The molecule has 4 rings (SSSR count). The Kier molecular flexibility index (Phi) is 17.6. The third kappa shape index (κ3) is 12.9. The number of benzene rings is 1. The van der Waals surface area contributed by atoms with Gasteiger partial charge in [-0.2, -0.15) is 0 Å². The number of fused-ring (bicyclic) bond motifs is 5. The van der Waals surface area contributed by atoms with Gasteiger partial charge in [0.2, 0.25) is 17.7 Å². The summed E-state index contributed by atoms with van der Waals surface area (Å²) in [6, 6.07) is 2.49. The maximum atomic E-state index is 14.3. The second kappa shape index (κ2) is 21.7. The number of allylic oxidation sites excluding steroid dienone is 3. The smallest absolute Gasteiger partial charge is 0.409 e. The molecule has 61 heavy (non-hydrogen) atoms. The average Bonchev–Trinajstić information content (AvgIpc) is 3.91. The molecule has 2 N–H and O–H groups in total. The largest absolute Gasteiger partial charge is 0.495 e. The number of hydrogen-bond donors (Lipinski definition) is 2. The van der Waals surface area contributed by atoms with Gasteiger partial charge in [-0.25, -0.2) is 9.59 Å². The summed E-state index contributed by atoms with van der Waals surface area (Å²) in [5.74, 6) is -1.98. The first-order valence-corrected chi connectivity index (χ1v) is 20.9. The summed E-state index contributed by atoms with van der Waals surface area (Å²) in [4.78, 5) is 73.7. The van der Waals surface area contributed by atoms with Crippen LogP contribution in [0, 0.1) is 5.92 Å². The zero-order chi connectivity index (χ0) is 45.2. The van der Waals surface area contributed by atoms with Crippen LogP contribution in [0.2, 0.25) is 5.02 Å². The van der Waals surface area contributed by atoms with E-state index in [2.05, 4.69) is 5.32 Å². The van der Waals surface area contributed by atoms with Crippen LogP contribution >= 0.6 is 11.6 Å². The fraction of sp³-hybridized carbons (Fsp3) is 0.651. The second-order valence-corrected chi connectivity index (χ2v) is 16.8. The molecule has 0 aromatic heterocycles. The van der Waals surface area contributed by atoms with E-state index in [1.165, 1.54) is 38.0 Å². The van der Waals surface area contributed by atoms with Crippen molar-refractivity contribution in [1.82, 2.24) is 20.0 Å². The van der Waals surface area contributed by atoms with E-state index >= 15 is 0 Å². The van der Waals surface area contributed by atoms with Crippen molar-refractivity contribution in [2.75, 3.05) is 86.8 Å². The van der Waals surface area contributed by atoms with Crippen molar-refractivity contribution < 1.29 is 57.5 Å². The molecule has 3 aliphatic heterocycles. The highest BCUT2D eigenvalue weighted by Gasteiger charge is 2.64. The first-order valence-electron chi connectivity index (χ1n) is 20.5. The number of anilines is 1. The predicted molar refractivity (Wildman–Crippen MR) is 227 cm³/mol. The van der Waals surface area contributed by atoms with E-state index in [0.29, 0.717) is 31.0 Å². The van der Waals surface area contributed by atoms with Crippen LogP contribution in [0.25, 0.3) is 0 Å². The van der Waals surface area contributed by atoms with Crippen LogP contribution in [0.3, 0.4) is 0 Å². The van der Waals surface area contributed by atoms with E-state index in [4.69, 9.17) is 40.0 Å². The molecule has 3 aliphatic rings. The molecule has 0 saturated carbocycles. The lowest BCUT2D eigenvalue weighted by molar-refractivity contribution is -0.162. The molecule has 1 aromatic rings. The Hall–Kier alpha value is -4.26. The molecule has 4 amide bonds. The van der Waals surface area contributed by atoms with Crippen LogP contribution in [-0.2, 0) is 49.3 Å². The van der Waals surface area contributed by atoms with Gasteiger partial charge in [-0.05, 0) is 51.9 Å². The number of esters is 1. The third-order valence-electron chi connectivity index (χ3n) is 11.7. The van der Waals surface area contributed by atoms with E-state index in [1.807, 2.05) is 30.9 Å². The quantitative estimate of drug-likeness (QED) is 0.193. The average molecular weight is 878 g/mol. The second-order valence-electron chi connectivity index (χ2n) is 16.5. The maximum absolute atomic E-state index is 14.3. The van der Waals surface area contributed by atoms with E-state index in [-0.39, 0.29) is 62.9 Å². The number of halogens is 1. The summed E-state index contributed by atoms with van der Waals surface area (Å²) < 4.78 is 34.0. The molecule has 2 fully saturated rings. The van der Waals surface area contributed by atoms with E-state index in [1.54, 1.807) is 51.2 Å². The molecule has 1 unspecified atom stereocenters. The van der Waals surface area contributed by atoms with Crippen LogP contribution in [0.5, 0.6) is 5.75 Å². The van der Waals surface area contributed by atoms with Crippen LogP contribution in [0.4, 0.5) is 10.5 Å². The minimum Gasteiger partial charge on any atom is -0.495 e. The Morgan fingerprint density at radius 1 is 1.08 bits per heavy atom. The number of aliphatic hydroxyl groups is 1. The molecule has 18 heteroatoms. The number of hydrogen-bond acceptors (Lipinski definition) is 13. The Bertz CT molecular complexity index is 1810. The fourth-order valence-corrected chi connectivity index (χ4v) is 7.89. The van der Waals surface area contributed by atoms with E-state index in [0.717, 1.165) is 11.1 Å². The highest BCUT2D eigenvalue weighted by molar-refractivity contribution is 6.35.